The van der Waals surface area contributed by atoms with Gasteiger partial charge in [0.05, 0.1) is 0 Å². The minimum atomic E-state index is -2.54. The summed E-state index contributed by atoms with van der Waals surface area (Å²) in [5, 5.41) is 0.986. The summed E-state index contributed by atoms with van der Waals surface area (Å²) >= 11 is -0.669. The van der Waals surface area contributed by atoms with Crippen LogP contribution in [0, 0.1) is 0 Å². The Bertz CT molecular complexity index is 1210. The molecule has 0 aliphatic carbocycles. The van der Waals surface area contributed by atoms with Crippen LogP contribution in [0.3, 0.4) is 0 Å². The molecule has 0 fully saturated rings. The number of thiazole rings is 1. The van der Waals surface area contributed by atoms with E-state index < -0.39 is 18.4 Å². The SMILES string of the molecule is CCC[CH2][Sn]([CH2]CCC)([CH2]CCC)[c]1cn2cnc(C(=O)c3cnc4ccccc4c3)c2s1. The number of ketones is 1. The van der Waals surface area contributed by atoms with Crippen LogP contribution in [0.4, 0.5) is 0 Å². The van der Waals surface area contributed by atoms with Crippen molar-refractivity contribution in [3.8, 4) is 0 Å². The number of fused-ring (bicyclic) bond motifs is 2. The number of benzene rings is 1. The number of nitrogens with zero attached hydrogens (tertiary/aromatic N) is 3. The van der Waals surface area contributed by atoms with E-state index in [0.717, 1.165) is 15.7 Å². The molecule has 0 amide bonds. The monoisotopic (exact) mass is 569 g/mol. The number of hydrogen-bond acceptors (Lipinski definition) is 4. The van der Waals surface area contributed by atoms with Gasteiger partial charge in [-0.2, -0.15) is 0 Å². The molecule has 6 heteroatoms. The quantitative estimate of drug-likeness (QED) is 0.134. The zero-order chi connectivity index (χ0) is 23.3. The fourth-order valence-corrected chi connectivity index (χ4v) is 24.8. The number of para-hydroxylation sites is 1. The summed E-state index contributed by atoms with van der Waals surface area (Å²) < 4.78 is 8.04. The van der Waals surface area contributed by atoms with Crippen molar-refractivity contribution in [1.82, 2.24) is 14.4 Å². The predicted molar refractivity (Wildman–Crippen MR) is 143 cm³/mol. The summed E-state index contributed by atoms with van der Waals surface area (Å²) in [6.07, 6.45) is 13.7. The van der Waals surface area contributed by atoms with Crippen LogP contribution in [0.15, 0.2) is 49.1 Å². The van der Waals surface area contributed by atoms with E-state index in [2.05, 4.69) is 41.3 Å². The number of hydrogen-bond donors (Lipinski definition) is 0. The molecule has 0 N–H and O–H groups in total. The van der Waals surface area contributed by atoms with Gasteiger partial charge < -0.3 is 0 Å². The Labute approximate surface area is 205 Å². The average molecular weight is 568 g/mol. The molecule has 4 aromatic rings. The summed E-state index contributed by atoms with van der Waals surface area (Å²) in [6, 6.07) is 9.87. The third-order valence-electron chi connectivity index (χ3n) is 6.83. The van der Waals surface area contributed by atoms with Gasteiger partial charge in [-0.3, -0.25) is 0 Å². The molecule has 3 aromatic heterocycles. The normalized spacial score (nSPS) is 12.1. The van der Waals surface area contributed by atoms with Crippen LogP contribution in [-0.2, 0) is 0 Å². The summed E-state index contributed by atoms with van der Waals surface area (Å²) in [4.78, 5) is 23.5. The van der Waals surface area contributed by atoms with Gasteiger partial charge >= 0.3 is 206 Å². The Balaban J connectivity index is 1.72. The molecule has 4 rings (SSSR count). The second-order valence-corrected chi connectivity index (χ2v) is 24.4. The third kappa shape index (κ3) is 5.19. The van der Waals surface area contributed by atoms with Crippen molar-refractivity contribution in [2.75, 3.05) is 0 Å². The van der Waals surface area contributed by atoms with Gasteiger partial charge in [0.2, 0.25) is 0 Å². The zero-order valence-corrected chi connectivity index (χ0v) is 23.8. The van der Waals surface area contributed by atoms with Gasteiger partial charge in [-0.25, -0.2) is 0 Å². The second-order valence-electron chi connectivity index (χ2n) is 9.24. The summed E-state index contributed by atoms with van der Waals surface area (Å²) in [6.45, 7) is 6.94. The van der Waals surface area contributed by atoms with Crippen LogP contribution in [-0.4, -0.2) is 38.5 Å². The van der Waals surface area contributed by atoms with E-state index in [0.29, 0.717) is 11.3 Å². The predicted octanol–water partition coefficient (Wildman–Crippen LogP) is 7.23. The van der Waals surface area contributed by atoms with Gasteiger partial charge in [0.1, 0.15) is 0 Å². The van der Waals surface area contributed by atoms with Crippen molar-refractivity contribution < 1.29 is 4.79 Å². The standard InChI is InChI=1S/C15H8N3OS.3C4H9.Sn/c19-14(13-15-18(9-17-13)5-6-20-15)11-7-10-3-1-2-4-12(10)16-8-11;3*1-3-4-2;/h1-5,7-9H;3*1,3-4H2,2H3;. The van der Waals surface area contributed by atoms with Crippen molar-refractivity contribution in [2.24, 2.45) is 0 Å². The van der Waals surface area contributed by atoms with Crippen LogP contribution in [0.1, 0.15) is 75.3 Å². The Kier molecular flexibility index (Phi) is 8.23. The molecule has 0 aliphatic heterocycles. The molecule has 4 nitrogen and oxygen atoms in total. The van der Waals surface area contributed by atoms with Crippen LogP contribution in [0.2, 0.25) is 13.3 Å². The summed E-state index contributed by atoms with van der Waals surface area (Å²) in [7, 11) is 0. The Morgan fingerprint density at radius 1 is 0.970 bits per heavy atom. The number of pyridine rings is 1. The van der Waals surface area contributed by atoms with Gasteiger partial charge in [-0.05, 0) is 0 Å². The molecule has 0 atom stereocenters. The molecule has 0 unspecified atom stereocenters. The van der Waals surface area contributed by atoms with E-state index in [9.17, 15) is 4.79 Å². The Morgan fingerprint density at radius 3 is 2.30 bits per heavy atom. The van der Waals surface area contributed by atoms with Crippen molar-refractivity contribution in [2.45, 2.75) is 72.6 Å². The molecule has 0 bridgehead atoms. The van der Waals surface area contributed by atoms with Crippen LogP contribution < -0.4 is 2.89 Å². The maximum absolute atomic E-state index is 13.4. The number of rotatable bonds is 12. The minimum absolute atomic E-state index is 0.0272. The van der Waals surface area contributed by atoms with E-state index >= 15 is 0 Å². The van der Waals surface area contributed by atoms with Crippen molar-refractivity contribution in [1.29, 1.82) is 0 Å². The van der Waals surface area contributed by atoms with Crippen molar-refractivity contribution >= 4 is 54.1 Å². The fourth-order valence-electron chi connectivity index (χ4n) is 4.82. The van der Waals surface area contributed by atoms with Gasteiger partial charge in [0.25, 0.3) is 0 Å². The molecule has 1 aromatic carbocycles. The van der Waals surface area contributed by atoms with E-state index in [1.54, 1.807) is 9.09 Å². The Morgan fingerprint density at radius 2 is 1.64 bits per heavy atom. The molecular weight excluding hydrogens is 533 g/mol. The third-order valence-corrected chi connectivity index (χ3v) is 26.1. The summed E-state index contributed by atoms with van der Waals surface area (Å²) in [5.74, 6) is -0.0272. The van der Waals surface area contributed by atoms with Gasteiger partial charge in [0.15, 0.2) is 0 Å². The number of carbonyl (C=O) groups is 1. The first-order chi connectivity index (χ1) is 16.1. The van der Waals surface area contributed by atoms with Gasteiger partial charge in [-0.1, -0.05) is 0 Å². The number of imidazole rings is 1. The van der Waals surface area contributed by atoms with Crippen molar-refractivity contribution in [3.05, 3.63) is 60.3 Å². The summed E-state index contributed by atoms with van der Waals surface area (Å²) in [5.41, 5.74) is 2.09. The van der Waals surface area contributed by atoms with Crippen molar-refractivity contribution in [3.63, 3.8) is 0 Å². The molecule has 0 radical (unpaired) electrons. The first-order valence-electron chi connectivity index (χ1n) is 12.5. The fraction of sp³-hybridized carbons (Fsp3) is 0.444. The molecule has 33 heavy (non-hydrogen) atoms. The maximum atomic E-state index is 13.4. The molecule has 174 valence electrons. The molecular formula is C27H35N3OSSn. The number of carbonyl (C=O) groups excluding carboxylic acids is 1. The van der Waals surface area contributed by atoms with Gasteiger partial charge in [0, 0.05) is 0 Å². The van der Waals surface area contributed by atoms with E-state index in [1.807, 2.05) is 48.0 Å². The van der Waals surface area contributed by atoms with Gasteiger partial charge in [-0.15, -0.1) is 0 Å². The van der Waals surface area contributed by atoms with Crippen LogP contribution >= 0.6 is 11.3 Å². The molecule has 0 spiro atoms. The Hall–Kier alpha value is -1.73. The average Bonchev–Trinajstić information content (AvgIpc) is 3.45. The topological polar surface area (TPSA) is 47.3 Å². The van der Waals surface area contributed by atoms with E-state index in [4.69, 9.17) is 0 Å². The van der Waals surface area contributed by atoms with E-state index in [1.165, 1.54) is 51.8 Å². The first-order valence-corrected chi connectivity index (χ1v) is 20.8. The molecule has 0 aliphatic rings. The first kappa shape index (κ1) is 24.4. The number of unbranched alkanes of at least 4 members (excludes halogenated alkanes) is 3. The molecule has 0 saturated carbocycles. The molecule has 0 saturated heterocycles. The van der Waals surface area contributed by atoms with Crippen LogP contribution in [0.25, 0.3) is 15.7 Å². The molecule has 3 heterocycles. The second kappa shape index (κ2) is 11.1. The van der Waals surface area contributed by atoms with Crippen LogP contribution in [0.5, 0.6) is 0 Å². The number of aromatic nitrogens is 3. The van der Waals surface area contributed by atoms with E-state index in [-0.39, 0.29) is 5.78 Å². The zero-order valence-electron chi connectivity index (χ0n) is 20.1.